The molecule has 4 unspecified atom stereocenters. The third kappa shape index (κ3) is 16.8. The first kappa shape index (κ1) is 49.9. The maximum absolute atomic E-state index is 12.7. The van der Waals surface area contributed by atoms with Crippen LogP contribution in [0.1, 0.15) is 176 Å². The molecule has 4 saturated heterocycles. The van der Waals surface area contributed by atoms with Gasteiger partial charge in [-0.05, 0) is 126 Å². The summed E-state index contributed by atoms with van der Waals surface area (Å²) >= 11 is 0. The van der Waals surface area contributed by atoms with E-state index in [0.717, 1.165) is 109 Å². The Kier molecular flexibility index (Phi) is 20.5. The van der Waals surface area contributed by atoms with Crippen LogP contribution in [-0.4, -0.2) is 124 Å². The van der Waals surface area contributed by atoms with Crippen LogP contribution in [0.5, 0.6) is 0 Å². The highest BCUT2D eigenvalue weighted by atomic mass is 16.5. The molecule has 0 spiro atoms. The first-order chi connectivity index (χ1) is 28.0. The number of hydrogen-bond donors (Lipinski definition) is 3. The number of amides is 3. The summed E-state index contributed by atoms with van der Waals surface area (Å²) in [5.41, 5.74) is 0.759. The van der Waals surface area contributed by atoms with E-state index < -0.39 is 0 Å². The van der Waals surface area contributed by atoms with Crippen molar-refractivity contribution in [2.24, 2.45) is 28.1 Å². The van der Waals surface area contributed by atoms with Crippen LogP contribution in [0.4, 0.5) is 0 Å². The summed E-state index contributed by atoms with van der Waals surface area (Å²) in [6.45, 7) is 20.0. The standard InChI is InChI=1S/C17H32N2O.C16H30N2O2.C16H30N2O/c1-17(2)10-11-19(16(20)15(12-17)18-3)13-14-8-6-4-5-7-9-14;1-16(2)8-9-18(15(19)14(11-16)17-3)12-13-7-5-4-6-10-20-13;1-16(2)9-10-18(15(19)14(11-16)17-3)12-13-7-5-4-6-8-13/h14-15,18H,4-13H2,1-3H3;13-14,17H,4-12H2,1-3H3;13-14,17H,4-12H2,1-3H3. The molecule has 59 heavy (non-hydrogen) atoms. The molecule has 6 fully saturated rings. The minimum absolute atomic E-state index is 0.0123. The molecule has 0 aromatic carbocycles. The van der Waals surface area contributed by atoms with E-state index in [4.69, 9.17) is 4.74 Å². The molecule has 4 aliphatic heterocycles. The van der Waals surface area contributed by atoms with Gasteiger partial charge in [0.25, 0.3) is 0 Å². The number of carbonyl (C=O) groups excluding carboxylic acids is 3. The van der Waals surface area contributed by atoms with Crippen LogP contribution in [0.2, 0.25) is 0 Å². The van der Waals surface area contributed by atoms with Crippen LogP contribution >= 0.6 is 0 Å². The van der Waals surface area contributed by atoms with E-state index in [2.05, 4.69) is 67.3 Å². The van der Waals surface area contributed by atoms with Crippen molar-refractivity contribution in [3.05, 3.63) is 0 Å². The number of likely N-dealkylation sites (N-methyl/N-ethyl adjacent to an activating group) is 3. The van der Waals surface area contributed by atoms with Gasteiger partial charge in [-0.1, -0.05) is 99.3 Å². The fourth-order valence-electron chi connectivity index (χ4n) is 10.7. The van der Waals surface area contributed by atoms with E-state index >= 15 is 0 Å². The Balaban J connectivity index is 0.000000196. The maximum Gasteiger partial charge on any atom is 0.239 e. The van der Waals surface area contributed by atoms with Gasteiger partial charge in [-0.2, -0.15) is 0 Å². The Hall–Kier alpha value is -1.75. The molecular formula is C49H92N6O4. The SMILES string of the molecule is CNC1CC(C)(C)CCN(CC2CCCCC2)C1=O.CNC1CC(C)(C)CCN(CC2CCCCCC2)C1=O.CNC1CC(C)(C)CCN(CC2CCCCCO2)C1=O. The van der Waals surface area contributed by atoms with Crippen molar-refractivity contribution in [1.29, 1.82) is 0 Å². The molecule has 2 aliphatic carbocycles. The summed E-state index contributed by atoms with van der Waals surface area (Å²) < 4.78 is 5.90. The van der Waals surface area contributed by atoms with Gasteiger partial charge in [-0.25, -0.2) is 0 Å². The fourth-order valence-corrected chi connectivity index (χ4v) is 10.7. The number of rotatable bonds is 9. The average Bonchev–Trinajstić information content (AvgIpc) is 3.74. The summed E-state index contributed by atoms with van der Waals surface area (Å²) in [5.74, 6) is 2.41. The highest BCUT2D eigenvalue weighted by Gasteiger charge is 2.38. The third-order valence-corrected chi connectivity index (χ3v) is 14.9. The largest absolute Gasteiger partial charge is 0.376 e. The Morgan fingerprint density at radius 3 is 1.17 bits per heavy atom. The average molecular weight is 829 g/mol. The van der Waals surface area contributed by atoms with Crippen LogP contribution in [0, 0.1) is 28.1 Å². The fraction of sp³-hybridized carbons (Fsp3) is 0.939. The molecule has 0 radical (unpaired) electrons. The molecule has 3 N–H and O–H groups in total. The summed E-state index contributed by atoms with van der Waals surface area (Å²) in [4.78, 5) is 44.3. The Labute approximate surface area is 362 Å². The Morgan fingerprint density at radius 2 is 0.797 bits per heavy atom. The van der Waals surface area contributed by atoms with Gasteiger partial charge in [-0.3, -0.25) is 14.4 Å². The molecule has 6 rings (SSSR count). The molecule has 342 valence electrons. The van der Waals surface area contributed by atoms with Gasteiger partial charge in [0.1, 0.15) is 0 Å². The lowest BCUT2D eigenvalue weighted by atomic mass is 9.83. The summed E-state index contributed by atoms with van der Waals surface area (Å²) in [6, 6.07) is -0.0161. The summed E-state index contributed by atoms with van der Waals surface area (Å²) in [6.07, 6.45) is 26.0. The van der Waals surface area contributed by atoms with Crippen molar-refractivity contribution in [2.75, 3.05) is 67.0 Å². The van der Waals surface area contributed by atoms with Crippen molar-refractivity contribution in [1.82, 2.24) is 30.7 Å². The maximum atomic E-state index is 12.7. The zero-order valence-corrected chi connectivity index (χ0v) is 39.7. The van der Waals surface area contributed by atoms with Gasteiger partial charge in [0.05, 0.1) is 24.2 Å². The normalized spacial score (nSPS) is 30.1. The molecule has 10 nitrogen and oxygen atoms in total. The van der Waals surface area contributed by atoms with Crippen LogP contribution in [0.3, 0.4) is 0 Å². The molecule has 4 atom stereocenters. The summed E-state index contributed by atoms with van der Waals surface area (Å²) in [5, 5.41) is 9.66. The zero-order chi connectivity index (χ0) is 43.1. The number of ether oxygens (including phenoxy) is 1. The molecule has 0 bridgehead atoms. The lowest BCUT2D eigenvalue weighted by molar-refractivity contribution is -0.135. The lowest BCUT2D eigenvalue weighted by Crippen LogP contribution is -2.47. The molecule has 10 heteroatoms. The first-order valence-corrected chi connectivity index (χ1v) is 24.5. The van der Waals surface area contributed by atoms with Crippen molar-refractivity contribution < 1.29 is 19.1 Å². The van der Waals surface area contributed by atoms with Crippen LogP contribution in [0.25, 0.3) is 0 Å². The molecule has 2 saturated carbocycles. The topological polar surface area (TPSA) is 106 Å². The summed E-state index contributed by atoms with van der Waals surface area (Å²) in [7, 11) is 5.74. The highest BCUT2D eigenvalue weighted by molar-refractivity contribution is 5.83. The molecular weight excluding hydrogens is 737 g/mol. The van der Waals surface area contributed by atoms with Crippen molar-refractivity contribution >= 4 is 17.7 Å². The number of nitrogens with one attached hydrogen (secondary N) is 3. The van der Waals surface area contributed by atoms with Crippen LogP contribution in [0.15, 0.2) is 0 Å². The predicted octanol–water partition coefficient (Wildman–Crippen LogP) is 8.18. The quantitative estimate of drug-likeness (QED) is 0.202. The predicted molar refractivity (Wildman–Crippen MR) is 243 cm³/mol. The van der Waals surface area contributed by atoms with Gasteiger partial charge in [-0.15, -0.1) is 0 Å². The highest BCUT2D eigenvalue weighted by Crippen LogP contribution is 2.34. The monoisotopic (exact) mass is 829 g/mol. The Bertz CT molecular complexity index is 1190. The molecule has 0 aromatic heterocycles. The second-order valence-electron chi connectivity index (χ2n) is 21.9. The van der Waals surface area contributed by atoms with E-state index in [-0.39, 0.29) is 46.4 Å². The third-order valence-electron chi connectivity index (χ3n) is 14.9. The van der Waals surface area contributed by atoms with Gasteiger partial charge in [0, 0.05) is 45.9 Å². The number of nitrogens with zero attached hydrogens (tertiary/aromatic N) is 3. The second-order valence-corrected chi connectivity index (χ2v) is 21.9. The minimum atomic E-state index is -0.0433. The van der Waals surface area contributed by atoms with E-state index in [1.54, 1.807) is 0 Å². The van der Waals surface area contributed by atoms with Crippen molar-refractivity contribution in [3.8, 4) is 0 Å². The van der Waals surface area contributed by atoms with E-state index in [0.29, 0.717) is 11.8 Å². The number of hydrogen-bond acceptors (Lipinski definition) is 7. The number of carbonyl (C=O) groups is 3. The molecule has 4 heterocycles. The lowest BCUT2D eigenvalue weighted by Gasteiger charge is -2.30. The minimum Gasteiger partial charge on any atom is -0.376 e. The van der Waals surface area contributed by atoms with Crippen molar-refractivity contribution in [3.63, 3.8) is 0 Å². The van der Waals surface area contributed by atoms with Gasteiger partial charge in [0.2, 0.25) is 17.7 Å². The van der Waals surface area contributed by atoms with E-state index in [1.165, 1.54) is 83.5 Å². The van der Waals surface area contributed by atoms with Crippen molar-refractivity contribution in [2.45, 2.75) is 201 Å². The molecule has 0 aromatic rings. The first-order valence-electron chi connectivity index (χ1n) is 24.5. The zero-order valence-electron chi connectivity index (χ0n) is 39.7. The smallest absolute Gasteiger partial charge is 0.239 e. The van der Waals surface area contributed by atoms with E-state index in [1.807, 2.05) is 26.0 Å². The number of likely N-dealkylation sites (tertiary alicyclic amines) is 3. The van der Waals surface area contributed by atoms with Gasteiger partial charge < -0.3 is 35.4 Å². The van der Waals surface area contributed by atoms with Crippen LogP contribution in [-0.2, 0) is 19.1 Å². The Morgan fingerprint density at radius 1 is 0.475 bits per heavy atom. The van der Waals surface area contributed by atoms with E-state index in [9.17, 15) is 14.4 Å². The second kappa shape index (κ2) is 24.2. The van der Waals surface area contributed by atoms with Gasteiger partial charge >= 0.3 is 0 Å². The van der Waals surface area contributed by atoms with Gasteiger partial charge in [0.15, 0.2) is 0 Å². The molecule has 3 amide bonds. The van der Waals surface area contributed by atoms with Crippen LogP contribution < -0.4 is 16.0 Å². The molecule has 6 aliphatic rings.